The molecular formula is C107H121N15O15. The van der Waals surface area contributed by atoms with Gasteiger partial charge >= 0.3 is 29.8 Å². The minimum Gasteiger partial charge on any atom is -0.477 e. The van der Waals surface area contributed by atoms with Gasteiger partial charge in [-0.05, 0) is 252 Å². The van der Waals surface area contributed by atoms with E-state index in [1.807, 2.05) is 102 Å². The molecule has 13 N–H and O–H groups in total. The van der Waals surface area contributed by atoms with E-state index in [0.29, 0.717) is 90.5 Å². The van der Waals surface area contributed by atoms with Crippen molar-refractivity contribution >= 4 is 58.3 Å². The third-order valence-electron chi connectivity index (χ3n) is 29.7. The molecule has 0 bridgehead atoms. The van der Waals surface area contributed by atoms with E-state index in [1.165, 1.54) is 83.8 Å². The topological polar surface area (TPSA) is 419 Å². The Hall–Kier alpha value is -13.8. The molecule has 30 nitrogen and oxygen atoms in total. The van der Waals surface area contributed by atoms with Crippen molar-refractivity contribution in [3.63, 3.8) is 0 Å². The molecule has 9 aliphatic heterocycles. The second kappa shape index (κ2) is 41.0. The summed E-state index contributed by atoms with van der Waals surface area (Å²) in [6.07, 6.45) is 4.49. The molecule has 1 aliphatic carbocycles. The van der Waals surface area contributed by atoms with Crippen LogP contribution in [-0.4, -0.2) is 227 Å². The molecule has 10 fully saturated rings. The minimum atomic E-state index is -1.20. The smallest absolute Gasteiger partial charge is 0.341 e. The van der Waals surface area contributed by atoms with Gasteiger partial charge < -0.3 is 95.8 Å². The number of fused-ring (bicyclic) bond motifs is 5. The number of carboxylic acids is 5. The molecule has 1 saturated carbocycles. The fourth-order valence-corrected chi connectivity index (χ4v) is 22.1. The molecule has 0 radical (unpaired) electrons. The summed E-state index contributed by atoms with van der Waals surface area (Å²) < 4.78 is 0. The fraction of sp³-hybridized carbons (Fsp3) is 0.383. The summed E-state index contributed by atoms with van der Waals surface area (Å²) in [6.45, 7) is 28.4. The first-order valence-electron chi connectivity index (χ1n) is 48.0. The van der Waals surface area contributed by atoms with E-state index < -0.39 is 57.6 Å². The van der Waals surface area contributed by atoms with Gasteiger partial charge in [0.1, 0.15) is 27.8 Å². The Balaban J connectivity index is 0.000000119. The highest BCUT2D eigenvalue weighted by Gasteiger charge is 2.48. The van der Waals surface area contributed by atoms with Crippen molar-refractivity contribution in [3.8, 4) is 56.3 Å². The van der Waals surface area contributed by atoms with Crippen LogP contribution in [0.2, 0.25) is 0 Å². The average molecular weight is 1860 g/mol. The van der Waals surface area contributed by atoms with Gasteiger partial charge in [-0.1, -0.05) is 126 Å². The SMILES string of the molecule is CCc1cc(C(=O)O)c(=O)[nH]c1-c1ccc(N2CC3NC3C2)cc1.CCc1cc(C(=O)O)c(=O)[nH]c1-c1ccc(N2C[C@H]3CN(C)C[C@H]3C2)cc1.CCc1cc(C(=O)O)c(=O)[nH]c1-c1ccc(N2C[C@H]3CN(Cc4ccccc4)C[C@H]3C2)cc1.CCc1cc(C(=O)O)c(=O)[nH]c1-c1ccc(N2C[C@H]3CNC[C@H]3C2)cc1.CCc1cc(C(=O)O)c(=O)[nH]c1-c1ccc(N2C[C@H]3C[C@@H](NC)[C@H]3C2)cc1. The Labute approximate surface area is 793 Å². The number of aromatic amines is 5. The van der Waals surface area contributed by atoms with Crippen molar-refractivity contribution in [1.29, 1.82) is 0 Å². The minimum absolute atomic E-state index is 0.208. The third kappa shape index (κ3) is 20.7. The summed E-state index contributed by atoms with van der Waals surface area (Å²) in [5.74, 6) is -0.101. The molecule has 10 aliphatic rings. The monoisotopic (exact) mass is 1860 g/mol. The van der Waals surface area contributed by atoms with Crippen LogP contribution in [0.5, 0.6) is 0 Å². The summed E-state index contributed by atoms with van der Waals surface area (Å²) >= 11 is 0. The zero-order chi connectivity index (χ0) is 96.3. The zero-order valence-electron chi connectivity index (χ0n) is 78.4. The Bertz CT molecular complexity index is 6440. The number of aryl methyl sites for hydroxylation is 5. The molecule has 11 atom stereocenters. The molecule has 714 valence electrons. The van der Waals surface area contributed by atoms with E-state index in [9.17, 15) is 53.1 Å². The van der Waals surface area contributed by atoms with Crippen LogP contribution in [0.25, 0.3) is 56.3 Å². The number of H-pyrrole nitrogens is 5. The quantitative estimate of drug-likeness (QED) is 0.0265. The molecule has 2 unspecified atom stereocenters. The van der Waals surface area contributed by atoms with Crippen LogP contribution in [0.15, 0.2) is 206 Å². The molecule has 9 saturated heterocycles. The van der Waals surface area contributed by atoms with Gasteiger partial charge in [0.05, 0.1) is 28.5 Å². The van der Waals surface area contributed by atoms with Crippen molar-refractivity contribution < 1.29 is 49.5 Å². The largest absolute Gasteiger partial charge is 0.477 e. The Kier molecular flexibility index (Phi) is 28.4. The second-order valence-electron chi connectivity index (χ2n) is 38.2. The van der Waals surface area contributed by atoms with E-state index >= 15 is 0 Å². The highest BCUT2D eigenvalue weighted by atomic mass is 16.4. The van der Waals surface area contributed by atoms with Gasteiger partial charge in [-0.15, -0.1) is 0 Å². The number of hydrogen-bond donors (Lipinski definition) is 13. The number of nitrogens with one attached hydrogen (secondary N) is 8. The summed E-state index contributed by atoms with van der Waals surface area (Å²) in [6, 6.07) is 61.0. The van der Waals surface area contributed by atoms with E-state index in [0.717, 1.165) is 189 Å². The van der Waals surface area contributed by atoms with Crippen molar-refractivity contribution in [1.82, 2.24) is 50.7 Å². The Morgan fingerprint density at radius 1 is 0.328 bits per heavy atom. The standard InChI is InChI=1S/C27H29N3O3.2C21H25N3O3.C20H23N3O3.C18H19N3O3/c1-2-19-12-24(27(32)33)26(31)28-25(19)20-8-10-23(11-9-20)30-16-21-14-29(15-22(21)17-30)13-18-6-4-3-5-7-18;1-3-13-8-18(21(26)27)20(25)22-19(13)14-4-6-17(7-5-14)24-11-15-9-23(2)10-16(15)12-24;1-3-12-8-16(21(26)27)20(25)23-19(12)13-4-6-15(7-5-13)24-10-14-9-18(22-2)17(14)11-24;1-2-12-7-17(20(25)26)19(24)22-18(12)13-3-5-16(6-4-13)23-10-14-8-21-9-15(14)11-23;1-2-10-7-13(18(23)24)17(22)20-16(10)11-3-5-12(6-4-11)21-8-14-15(9-21)19-14/h3-12,21-22H,2,13-17H2,1H3,(H,28,31)(H,32,33);4-8,15-16H,3,9-12H2,1-2H3,(H,22,25)(H,26,27);4-8,14,17-18,22H,3,9-11H2,1-2H3,(H,23,25)(H,26,27);3-7,14-15,21H,2,8-11H2,1H3,(H,22,24)(H,25,26);3-7,14-15,19H,2,8-9H2,1H3,(H,20,22)(H,23,24)/t21-,22+;15-,16+;14-,17+,18-;14-,15+;/m..1../s1. The highest BCUT2D eigenvalue weighted by molar-refractivity contribution is 5.91. The second-order valence-corrected chi connectivity index (χ2v) is 38.2. The summed E-state index contributed by atoms with van der Waals surface area (Å²) in [7, 11) is 4.24. The van der Waals surface area contributed by atoms with Crippen molar-refractivity contribution in [3.05, 3.63) is 295 Å². The van der Waals surface area contributed by atoms with Gasteiger partial charge in [0.15, 0.2) is 0 Å². The summed E-state index contributed by atoms with van der Waals surface area (Å²) in [5, 5.41) is 56.1. The number of benzene rings is 6. The van der Waals surface area contributed by atoms with Gasteiger partial charge in [0, 0.05) is 158 Å². The van der Waals surface area contributed by atoms with Crippen LogP contribution in [0, 0.1) is 47.3 Å². The first kappa shape index (κ1) is 95.0. The van der Waals surface area contributed by atoms with Crippen LogP contribution in [0.1, 0.15) is 126 Å². The predicted molar refractivity (Wildman–Crippen MR) is 533 cm³/mol. The van der Waals surface area contributed by atoms with Gasteiger partial charge in [0.25, 0.3) is 27.8 Å². The first-order valence-corrected chi connectivity index (χ1v) is 48.0. The number of anilines is 5. The molecule has 0 amide bonds. The van der Waals surface area contributed by atoms with Crippen LogP contribution in [0.4, 0.5) is 28.4 Å². The molecule has 14 heterocycles. The van der Waals surface area contributed by atoms with Crippen LogP contribution >= 0.6 is 0 Å². The summed E-state index contributed by atoms with van der Waals surface area (Å²) in [4.78, 5) is 147. The lowest BCUT2D eigenvalue weighted by molar-refractivity contribution is 0.0684. The lowest BCUT2D eigenvalue weighted by Crippen LogP contribution is -2.48. The Morgan fingerprint density at radius 3 is 0.869 bits per heavy atom. The number of hydrogen-bond acceptors (Lipinski definition) is 20. The number of carbonyl (C=O) groups is 5. The number of piperazine rings is 1. The normalized spacial score (nSPS) is 21.9. The maximum atomic E-state index is 12.2. The number of aromatic carboxylic acids is 5. The van der Waals surface area contributed by atoms with E-state index in [4.69, 9.17) is 20.4 Å². The lowest BCUT2D eigenvalue weighted by atomic mass is 9.72. The predicted octanol–water partition coefficient (Wildman–Crippen LogP) is 11.9. The van der Waals surface area contributed by atoms with Crippen LogP contribution < -0.4 is 68.2 Å². The molecular weight excluding hydrogens is 1740 g/mol. The van der Waals surface area contributed by atoms with Crippen LogP contribution in [-0.2, 0) is 38.6 Å². The number of nitrogens with zero attached hydrogens (tertiary/aromatic N) is 7. The molecule has 11 aromatic rings. The zero-order valence-corrected chi connectivity index (χ0v) is 78.4. The molecule has 0 spiro atoms. The average Bonchev–Trinajstić information content (AvgIpc) is 1.66. The number of aromatic nitrogens is 5. The maximum absolute atomic E-state index is 12.2. The van der Waals surface area contributed by atoms with Gasteiger partial charge in [0.2, 0.25) is 0 Å². The molecule has 137 heavy (non-hydrogen) atoms. The van der Waals surface area contributed by atoms with Crippen molar-refractivity contribution in [2.24, 2.45) is 47.3 Å². The fourth-order valence-electron chi connectivity index (χ4n) is 22.1. The molecule has 30 heteroatoms. The number of carboxylic acid groups (broad SMARTS) is 5. The highest BCUT2D eigenvalue weighted by Crippen LogP contribution is 2.44. The maximum Gasteiger partial charge on any atom is 0.341 e. The van der Waals surface area contributed by atoms with Gasteiger partial charge in [-0.25, -0.2) is 24.0 Å². The van der Waals surface area contributed by atoms with Crippen molar-refractivity contribution in [2.45, 2.75) is 97.8 Å². The van der Waals surface area contributed by atoms with E-state index in [2.05, 4.69) is 173 Å². The lowest BCUT2D eigenvalue weighted by Gasteiger charge is -2.38. The number of rotatable bonds is 23. The van der Waals surface area contributed by atoms with Crippen LogP contribution in [0.3, 0.4) is 0 Å². The Morgan fingerprint density at radius 2 is 0.591 bits per heavy atom. The third-order valence-corrected chi connectivity index (χ3v) is 29.7. The molecule has 6 aromatic carbocycles. The molecule has 21 rings (SSSR count). The summed E-state index contributed by atoms with van der Waals surface area (Å²) in [5.41, 5.74) is 15.7. The van der Waals surface area contributed by atoms with E-state index in [1.54, 1.807) is 0 Å². The number of pyridine rings is 5. The van der Waals surface area contributed by atoms with E-state index in [-0.39, 0.29) is 27.8 Å². The number of likely N-dealkylation sites (tertiary alicyclic amines) is 2. The van der Waals surface area contributed by atoms with Gasteiger partial charge in [-0.2, -0.15) is 0 Å². The molecule has 5 aromatic heterocycles. The van der Waals surface area contributed by atoms with Gasteiger partial charge in [-0.3, -0.25) is 28.9 Å². The first-order chi connectivity index (χ1) is 66.1. The van der Waals surface area contributed by atoms with Crippen molar-refractivity contribution in [2.75, 3.05) is 143 Å².